The second kappa shape index (κ2) is 4.37. The van der Waals surface area contributed by atoms with Crippen LogP contribution in [0.2, 0.25) is 0 Å². The lowest BCUT2D eigenvalue weighted by Crippen LogP contribution is -2.51. The first kappa shape index (κ1) is 12.3. The van der Waals surface area contributed by atoms with Crippen molar-refractivity contribution in [2.45, 2.75) is 32.4 Å². The van der Waals surface area contributed by atoms with Gasteiger partial charge in [-0.1, -0.05) is 0 Å². The van der Waals surface area contributed by atoms with Gasteiger partial charge in [-0.15, -0.1) is 0 Å². The molecule has 1 aromatic heterocycles. The van der Waals surface area contributed by atoms with E-state index in [1.54, 1.807) is 13.8 Å². The van der Waals surface area contributed by atoms with Gasteiger partial charge in [0.1, 0.15) is 5.76 Å². The Morgan fingerprint density at radius 2 is 2.20 bits per heavy atom. The highest BCUT2D eigenvalue weighted by Crippen LogP contribution is 2.21. The van der Waals surface area contributed by atoms with Crippen molar-refractivity contribution in [2.24, 2.45) is 5.73 Å². The van der Waals surface area contributed by atoms with E-state index >= 15 is 0 Å². The quantitative estimate of drug-likeness (QED) is 0.882. The molecule has 5 heteroatoms. The number of halogens is 1. The maximum Gasteiger partial charge on any atom is 0.237 e. The second-order valence-electron chi connectivity index (χ2n) is 4.00. The van der Waals surface area contributed by atoms with Gasteiger partial charge in [0.25, 0.3) is 0 Å². The number of carbonyl (C=O) groups is 1. The summed E-state index contributed by atoms with van der Waals surface area (Å²) >= 11 is 3.22. The molecule has 0 saturated heterocycles. The number of primary amides is 1. The summed E-state index contributed by atoms with van der Waals surface area (Å²) < 4.78 is 6.04. The van der Waals surface area contributed by atoms with Crippen LogP contribution in [0, 0.1) is 0 Å². The zero-order valence-electron chi connectivity index (χ0n) is 9.00. The van der Waals surface area contributed by atoms with Gasteiger partial charge in [-0.05, 0) is 48.8 Å². The minimum absolute atomic E-state index is 0.0706. The van der Waals surface area contributed by atoms with Crippen LogP contribution < -0.4 is 11.1 Å². The van der Waals surface area contributed by atoms with Gasteiger partial charge in [0.15, 0.2) is 4.67 Å². The first-order valence-electron chi connectivity index (χ1n) is 4.66. The van der Waals surface area contributed by atoms with Crippen molar-refractivity contribution in [3.63, 3.8) is 0 Å². The van der Waals surface area contributed by atoms with E-state index in [0.29, 0.717) is 4.67 Å². The molecule has 0 spiro atoms. The van der Waals surface area contributed by atoms with Gasteiger partial charge in [-0.2, -0.15) is 0 Å². The average molecular weight is 275 g/mol. The molecule has 1 aromatic rings. The van der Waals surface area contributed by atoms with Crippen molar-refractivity contribution >= 4 is 21.8 Å². The van der Waals surface area contributed by atoms with Crippen LogP contribution >= 0.6 is 15.9 Å². The largest absolute Gasteiger partial charge is 0.453 e. The van der Waals surface area contributed by atoms with Gasteiger partial charge < -0.3 is 10.2 Å². The molecule has 1 heterocycles. The zero-order valence-corrected chi connectivity index (χ0v) is 10.6. The third-order valence-electron chi connectivity index (χ3n) is 2.21. The maximum absolute atomic E-state index is 11.1. The van der Waals surface area contributed by atoms with Gasteiger partial charge in [0.2, 0.25) is 5.91 Å². The summed E-state index contributed by atoms with van der Waals surface area (Å²) in [6, 6.07) is 3.59. The molecule has 0 radical (unpaired) electrons. The molecule has 1 atom stereocenters. The fourth-order valence-electron chi connectivity index (χ4n) is 1.24. The number of hydrogen-bond acceptors (Lipinski definition) is 3. The Morgan fingerprint density at radius 3 is 2.60 bits per heavy atom. The predicted molar refractivity (Wildman–Crippen MR) is 61.2 cm³/mol. The minimum Gasteiger partial charge on any atom is -0.453 e. The van der Waals surface area contributed by atoms with Crippen molar-refractivity contribution < 1.29 is 9.21 Å². The van der Waals surface area contributed by atoms with E-state index in [4.69, 9.17) is 10.2 Å². The van der Waals surface area contributed by atoms with Crippen LogP contribution in [0.15, 0.2) is 21.2 Å². The molecule has 0 saturated carbocycles. The minimum atomic E-state index is -0.751. The molecule has 15 heavy (non-hydrogen) atoms. The number of nitrogens with one attached hydrogen (secondary N) is 1. The summed E-state index contributed by atoms with van der Waals surface area (Å²) in [6.07, 6.45) is 0. The molecule has 0 aliphatic rings. The smallest absolute Gasteiger partial charge is 0.237 e. The molecule has 84 valence electrons. The molecule has 0 fully saturated rings. The van der Waals surface area contributed by atoms with Crippen molar-refractivity contribution in [3.05, 3.63) is 22.6 Å². The fourth-order valence-corrected chi connectivity index (χ4v) is 1.56. The lowest BCUT2D eigenvalue weighted by atomic mass is 10.0. The Labute approximate surface area is 97.3 Å². The van der Waals surface area contributed by atoms with Crippen molar-refractivity contribution in [3.8, 4) is 0 Å². The second-order valence-corrected chi connectivity index (χ2v) is 4.78. The lowest BCUT2D eigenvalue weighted by molar-refractivity contribution is -0.123. The number of amides is 1. The Morgan fingerprint density at radius 1 is 1.60 bits per heavy atom. The van der Waals surface area contributed by atoms with Crippen LogP contribution in [-0.2, 0) is 4.79 Å². The van der Waals surface area contributed by atoms with Crippen molar-refractivity contribution in [2.75, 3.05) is 0 Å². The van der Waals surface area contributed by atoms with Gasteiger partial charge in [-0.3, -0.25) is 10.1 Å². The SMILES string of the molecule is CC(NC(C)(C)C(N)=O)c1ccc(Br)o1. The van der Waals surface area contributed by atoms with E-state index in [1.165, 1.54) is 0 Å². The first-order valence-corrected chi connectivity index (χ1v) is 5.45. The summed E-state index contributed by atoms with van der Waals surface area (Å²) in [5.41, 5.74) is 4.51. The molecule has 1 amide bonds. The summed E-state index contributed by atoms with van der Waals surface area (Å²) in [7, 11) is 0. The Bertz CT molecular complexity index is 360. The predicted octanol–water partition coefficient (Wildman–Crippen LogP) is 1.96. The van der Waals surface area contributed by atoms with E-state index in [-0.39, 0.29) is 11.9 Å². The molecular formula is C10H15BrN2O2. The van der Waals surface area contributed by atoms with E-state index < -0.39 is 5.54 Å². The number of hydrogen-bond donors (Lipinski definition) is 2. The number of rotatable bonds is 4. The van der Waals surface area contributed by atoms with Crippen LogP contribution in [-0.4, -0.2) is 11.4 Å². The Hall–Kier alpha value is -0.810. The molecule has 0 aromatic carbocycles. The number of furan rings is 1. The fraction of sp³-hybridized carbons (Fsp3) is 0.500. The van der Waals surface area contributed by atoms with E-state index in [2.05, 4.69) is 21.2 Å². The topological polar surface area (TPSA) is 68.3 Å². The van der Waals surface area contributed by atoms with Gasteiger partial charge >= 0.3 is 0 Å². The summed E-state index contributed by atoms with van der Waals surface area (Å²) in [5.74, 6) is 0.371. The highest BCUT2D eigenvalue weighted by atomic mass is 79.9. The number of carbonyl (C=O) groups excluding carboxylic acids is 1. The van der Waals surface area contributed by atoms with E-state index in [9.17, 15) is 4.79 Å². The maximum atomic E-state index is 11.1. The molecule has 0 aliphatic heterocycles. The Kier molecular flexibility index (Phi) is 3.57. The van der Waals surface area contributed by atoms with Gasteiger partial charge in [0.05, 0.1) is 11.6 Å². The summed E-state index contributed by atoms with van der Waals surface area (Å²) in [4.78, 5) is 11.1. The summed E-state index contributed by atoms with van der Waals surface area (Å²) in [5, 5.41) is 3.10. The van der Waals surface area contributed by atoms with Gasteiger partial charge in [0, 0.05) is 0 Å². The van der Waals surface area contributed by atoms with Crippen LogP contribution in [0.5, 0.6) is 0 Å². The number of nitrogens with two attached hydrogens (primary N) is 1. The molecule has 0 aliphatic carbocycles. The van der Waals surface area contributed by atoms with Gasteiger partial charge in [-0.25, -0.2) is 0 Å². The van der Waals surface area contributed by atoms with Crippen LogP contribution in [0.1, 0.15) is 32.6 Å². The molecule has 1 rings (SSSR count). The monoisotopic (exact) mass is 274 g/mol. The average Bonchev–Trinajstić information content (AvgIpc) is 2.50. The first-order chi connectivity index (χ1) is 6.83. The lowest BCUT2D eigenvalue weighted by Gasteiger charge is -2.25. The highest BCUT2D eigenvalue weighted by Gasteiger charge is 2.27. The van der Waals surface area contributed by atoms with Crippen LogP contribution in [0.3, 0.4) is 0 Å². The highest BCUT2D eigenvalue weighted by molar-refractivity contribution is 9.10. The third-order valence-corrected chi connectivity index (χ3v) is 2.64. The third kappa shape index (κ3) is 3.07. The normalized spacial score (nSPS) is 13.9. The molecule has 0 bridgehead atoms. The Balaban J connectivity index is 2.71. The standard InChI is InChI=1S/C10H15BrN2O2/c1-6(7-4-5-8(11)15-7)13-10(2,3)9(12)14/h4-6,13H,1-3H3,(H2,12,14). The van der Waals surface area contributed by atoms with Crippen molar-refractivity contribution in [1.29, 1.82) is 0 Å². The molecule has 4 nitrogen and oxygen atoms in total. The van der Waals surface area contributed by atoms with Crippen molar-refractivity contribution in [1.82, 2.24) is 5.32 Å². The van der Waals surface area contributed by atoms with E-state index in [0.717, 1.165) is 5.76 Å². The molecular weight excluding hydrogens is 260 g/mol. The molecule has 3 N–H and O–H groups in total. The van der Waals surface area contributed by atoms with Crippen LogP contribution in [0.4, 0.5) is 0 Å². The van der Waals surface area contributed by atoms with Crippen LogP contribution in [0.25, 0.3) is 0 Å². The molecule has 1 unspecified atom stereocenters. The zero-order chi connectivity index (χ0) is 11.6. The summed E-state index contributed by atoms with van der Waals surface area (Å²) in [6.45, 7) is 5.39. The van der Waals surface area contributed by atoms with E-state index in [1.807, 2.05) is 19.1 Å².